The normalized spacial score (nSPS) is 21.5. The number of hydrogen-bond acceptors (Lipinski definition) is 6. The first-order chi connectivity index (χ1) is 9.35. The van der Waals surface area contributed by atoms with Crippen molar-refractivity contribution in [2.24, 2.45) is 0 Å². The zero-order chi connectivity index (χ0) is 14.8. The lowest BCUT2D eigenvalue weighted by Gasteiger charge is -2.31. The van der Waals surface area contributed by atoms with Crippen LogP contribution >= 0.6 is 0 Å². The summed E-state index contributed by atoms with van der Waals surface area (Å²) >= 11 is 0. The third-order valence-corrected chi connectivity index (χ3v) is 4.19. The van der Waals surface area contributed by atoms with Crippen LogP contribution in [0.15, 0.2) is 0 Å². The van der Waals surface area contributed by atoms with Gasteiger partial charge < -0.3 is 4.74 Å². The van der Waals surface area contributed by atoms with Crippen molar-refractivity contribution in [1.29, 1.82) is 0 Å². The number of nitrogens with one attached hydrogen (secondary N) is 1. The van der Waals surface area contributed by atoms with Gasteiger partial charge in [-0.3, -0.25) is 10.00 Å². The van der Waals surface area contributed by atoms with Crippen molar-refractivity contribution in [1.82, 2.24) is 20.1 Å². The van der Waals surface area contributed by atoms with E-state index in [9.17, 15) is 8.42 Å². The number of H-pyrrole nitrogens is 1. The average Bonchev–Trinajstić information content (AvgIpc) is 2.86. The summed E-state index contributed by atoms with van der Waals surface area (Å²) in [5.74, 6) is 1.94. The van der Waals surface area contributed by atoms with Crippen LogP contribution in [0, 0.1) is 0 Å². The highest BCUT2D eigenvalue weighted by atomic mass is 32.2. The van der Waals surface area contributed by atoms with Gasteiger partial charge in [-0.25, -0.2) is 13.4 Å². The van der Waals surface area contributed by atoms with Gasteiger partial charge in [-0.1, -0.05) is 13.8 Å². The number of nitrogens with zero attached hydrogens (tertiary/aromatic N) is 3. The summed E-state index contributed by atoms with van der Waals surface area (Å²) in [4.78, 5) is 6.53. The van der Waals surface area contributed by atoms with Crippen LogP contribution in [-0.4, -0.2) is 66.7 Å². The van der Waals surface area contributed by atoms with Gasteiger partial charge in [0.25, 0.3) is 0 Å². The predicted octanol–water partition coefficient (Wildman–Crippen LogP) is 0.346. The highest BCUT2D eigenvalue weighted by Crippen LogP contribution is 2.20. The molecule has 2 heterocycles. The average molecular weight is 302 g/mol. The van der Waals surface area contributed by atoms with Crippen molar-refractivity contribution in [3.63, 3.8) is 0 Å². The van der Waals surface area contributed by atoms with Crippen LogP contribution in [0.5, 0.6) is 0 Å². The number of sulfone groups is 1. The Morgan fingerprint density at radius 1 is 1.50 bits per heavy atom. The van der Waals surface area contributed by atoms with Crippen molar-refractivity contribution >= 4 is 9.84 Å². The zero-order valence-corrected chi connectivity index (χ0v) is 13.0. The molecule has 8 heteroatoms. The van der Waals surface area contributed by atoms with E-state index in [0.717, 1.165) is 18.2 Å². The largest absolute Gasteiger partial charge is 0.368 e. The molecule has 20 heavy (non-hydrogen) atoms. The molecule has 0 bridgehead atoms. The summed E-state index contributed by atoms with van der Waals surface area (Å²) in [6.45, 7) is 6.57. The van der Waals surface area contributed by atoms with Crippen LogP contribution in [0.3, 0.4) is 0 Å². The summed E-state index contributed by atoms with van der Waals surface area (Å²) < 4.78 is 28.1. The van der Waals surface area contributed by atoms with Crippen molar-refractivity contribution in [3.8, 4) is 0 Å². The molecule has 0 saturated carbocycles. The number of hydrogen-bond donors (Lipinski definition) is 1. The molecule has 0 unspecified atom stereocenters. The first kappa shape index (κ1) is 15.4. The van der Waals surface area contributed by atoms with Crippen molar-refractivity contribution in [2.75, 3.05) is 38.2 Å². The molecule has 0 aliphatic carbocycles. The molecule has 114 valence electrons. The van der Waals surface area contributed by atoms with Crippen LogP contribution in [0.2, 0.25) is 0 Å². The molecule has 1 N–H and O–H groups in total. The fourth-order valence-electron chi connectivity index (χ4n) is 2.06. The molecule has 0 spiro atoms. The molecule has 1 aromatic heterocycles. The maximum Gasteiger partial charge on any atom is 0.155 e. The number of aromatic amines is 1. The van der Waals surface area contributed by atoms with E-state index < -0.39 is 9.84 Å². The Kier molecular flexibility index (Phi) is 4.77. The molecule has 7 nitrogen and oxygen atoms in total. The molecule has 0 amide bonds. The minimum atomic E-state index is -2.93. The van der Waals surface area contributed by atoms with E-state index in [1.54, 1.807) is 0 Å². The van der Waals surface area contributed by atoms with Gasteiger partial charge >= 0.3 is 0 Å². The highest BCUT2D eigenvalue weighted by Gasteiger charge is 2.25. The highest BCUT2D eigenvalue weighted by molar-refractivity contribution is 7.90. The maximum absolute atomic E-state index is 11.2. The lowest BCUT2D eigenvalue weighted by molar-refractivity contribution is -0.0321. The molecule has 1 aliphatic rings. The number of ether oxygens (including phenoxy) is 1. The summed E-state index contributed by atoms with van der Waals surface area (Å²) in [6.07, 6.45) is 1.10. The summed E-state index contributed by atoms with van der Waals surface area (Å²) in [7, 11) is -2.93. The fraction of sp³-hybridized carbons (Fsp3) is 0.833. The van der Waals surface area contributed by atoms with Crippen LogP contribution < -0.4 is 0 Å². The molecule has 1 aromatic rings. The molecular formula is C12H22N4O3S. The Morgan fingerprint density at radius 2 is 2.25 bits per heavy atom. The van der Waals surface area contributed by atoms with Crippen LogP contribution in [0.25, 0.3) is 0 Å². The first-order valence-electron chi connectivity index (χ1n) is 6.79. The third kappa shape index (κ3) is 4.26. The Labute approximate surface area is 119 Å². The Morgan fingerprint density at radius 3 is 2.85 bits per heavy atom. The second kappa shape index (κ2) is 6.19. The van der Waals surface area contributed by atoms with E-state index in [0.29, 0.717) is 19.7 Å². The van der Waals surface area contributed by atoms with Gasteiger partial charge in [-0.15, -0.1) is 0 Å². The van der Waals surface area contributed by atoms with Gasteiger partial charge in [0.1, 0.15) is 15.9 Å². The van der Waals surface area contributed by atoms with E-state index in [-0.39, 0.29) is 17.8 Å². The lowest BCUT2D eigenvalue weighted by Crippen LogP contribution is -2.41. The summed E-state index contributed by atoms with van der Waals surface area (Å²) in [5, 5.41) is 7.09. The molecular weight excluding hydrogens is 280 g/mol. The van der Waals surface area contributed by atoms with Gasteiger partial charge in [-0.05, 0) is 0 Å². The molecule has 1 atom stereocenters. The lowest BCUT2D eigenvalue weighted by atomic mass is 10.2. The van der Waals surface area contributed by atoms with Gasteiger partial charge in [0.2, 0.25) is 0 Å². The van der Waals surface area contributed by atoms with Gasteiger partial charge in [-0.2, -0.15) is 5.10 Å². The van der Waals surface area contributed by atoms with E-state index in [1.807, 2.05) is 13.8 Å². The minimum Gasteiger partial charge on any atom is -0.368 e. The van der Waals surface area contributed by atoms with E-state index in [2.05, 4.69) is 20.1 Å². The Bertz CT molecular complexity index is 541. The van der Waals surface area contributed by atoms with Crippen LogP contribution in [0.4, 0.5) is 0 Å². The molecule has 1 fully saturated rings. The van der Waals surface area contributed by atoms with Gasteiger partial charge in [0.05, 0.1) is 12.4 Å². The minimum absolute atomic E-state index is 0.164. The second-order valence-electron chi connectivity index (χ2n) is 5.52. The number of morpholine rings is 1. The fourth-order valence-corrected chi connectivity index (χ4v) is 2.65. The standard InChI is InChI=1S/C12H22N4O3S/c1-9(2)11-13-12(15-14-11)10-8-16(4-6-19-10)5-7-20(3,17)18/h9-10H,4-8H2,1-3H3,(H,13,14,15)/t10-/m1/s1. The SMILES string of the molecule is CC(C)c1n[nH]c([C@H]2CN(CCS(C)(=O)=O)CCO2)n1. The number of rotatable bonds is 5. The zero-order valence-electron chi connectivity index (χ0n) is 12.2. The predicted molar refractivity (Wildman–Crippen MR) is 75.3 cm³/mol. The van der Waals surface area contributed by atoms with E-state index in [4.69, 9.17) is 4.74 Å². The topological polar surface area (TPSA) is 88.2 Å². The molecule has 0 aromatic carbocycles. The third-order valence-electron chi connectivity index (χ3n) is 3.27. The molecule has 1 saturated heterocycles. The van der Waals surface area contributed by atoms with Crippen molar-refractivity contribution < 1.29 is 13.2 Å². The Balaban J connectivity index is 1.95. The van der Waals surface area contributed by atoms with Crippen LogP contribution in [-0.2, 0) is 14.6 Å². The van der Waals surface area contributed by atoms with Crippen molar-refractivity contribution in [3.05, 3.63) is 11.6 Å². The monoisotopic (exact) mass is 302 g/mol. The number of aromatic nitrogens is 3. The summed E-state index contributed by atoms with van der Waals surface area (Å²) in [6, 6.07) is 0. The van der Waals surface area contributed by atoms with Crippen molar-refractivity contribution in [2.45, 2.75) is 25.9 Å². The molecule has 0 radical (unpaired) electrons. The Hall–Kier alpha value is -0.990. The smallest absolute Gasteiger partial charge is 0.155 e. The van der Waals surface area contributed by atoms with Gasteiger partial charge in [0.15, 0.2) is 11.6 Å². The van der Waals surface area contributed by atoms with E-state index in [1.165, 1.54) is 6.26 Å². The van der Waals surface area contributed by atoms with E-state index >= 15 is 0 Å². The first-order valence-corrected chi connectivity index (χ1v) is 8.85. The van der Waals surface area contributed by atoms with Gasteiger partial charge in [0, 0.05) is 31.8 Å². The molecule has 1 aliphatic heterocycles. The van der Waals surface area contributed by atoms with Crippen LogP contribution in [0.1, 0.15) is 37.5 Å². The second-order valence-corrected chi connectivity index (χ2v) is 7.78. The maximum atomic E-state index is 11.2. The molecule has 2 rings (SSSR count). The summed E-state index contributed by atoms with van der Waals surface area (Å²) in [5.41, 5.74) is 0. The quantitative estimate of drug-likeness (QED) is 0.844.